The van der Waals surface area contributed by atoms with Crippen LogP contribution in [0.3, 0.4) is 0 Å². The molecule has 0 fully saturated rings. The van der Waals surface area contributed by atoms with E-state index in [-0.39, 0.29) is 0 Å². The second-order valence-corrected chi connectivity index (χ2v) is 5.84. The first-order valence-electron chi connectivity index (χ1n) is 6.25. The smallest absolute Gasteiger partial charge is 0.237 e. The van der Waals surface area contributed by atoms with Crippen LogP contribution in [-0.2, 0) is 4.79 Å². The van der Waals surface area contributed by atoms with E-state index in [0.29, 0.717) is 4.90 Å². The summed E-state index contributed by atoms with van der Waals surface area (Å²) in [6.45, 7) is 1.56. The standard InChI is InChI=1S/C15H11F4NOS/c1-8(22-10-4-2-9(16)3-5-10)15(21)20-12-7-6-11(17)13(18)14(12)19/h2-8H,1H3,(H,20,21). The zero-order valence-corrected chi connectivity index (χ0v) is 12.2. The van der Waals surface area contributed by atoms with Crippen LogP contribution in [0.25, 0.3) is 0 Å². The van der Waals surface area contributed by atoms with Crippen molar-refractivity contribution in [2.75, 3.05) is 5.32 Å². The van der Waals surface area contributed by atoms with Gasteiger partial charge < -0.3 is 5.32 Å². The molecule has 2 aromatic carbocycles. The number of amides is 1. The SMILES string of the molecule is CC(Sc1ccc(F)cc1)C(=O)Nc1ccc(F)c(F)c1F. The Morgan fingerprint density at radius 3 is 2.27 bits per heavy atom. The molecule has 2 aromatic rings. The molecule has 1 amide bonds. The summed E-state index contributed by atoms with van der Waals surface area (Å²) >= 11 is 1.12. The summed E-state index contributed by atoms with van der Waals surface area (Å²) in [7, 11) is 0. The van der Waals surface area contributed by atoms with Gasteiger partial charge in [0.05, 0.1) is 10.9 Å². The fraction of sp³-hybridized carbons (Fsp3) is 0.133. The molecule has 0 spiro atoms. The molecular weight excluding hydrogens is 318 g/mol. The Kier molecular flexibility index (Phi) is 5.07. The highest BCUT2D eigenvalue weighted by Gasteiger charge is 2.19. The monoisotopic (exact) mass is 329 g/mol. The third-order valence-electron chi connectivity index (χ3n) is 2.79. The van der Waals surface area contributed by atoms with E-state index in [9.17, 15) is 22.4 Å². The average Bonchev–Trinajstić information content (AvgIpc) is 2.50. The lowest BCUT2D eigenvalue weighted by Gasteiger charge is -2.13. The molecule has 0 radical (unpaired) electrons. The first-order valence-corrected chi connectivity index (χ1v) is 7.13. The molecule has 0 heterocycles. The second kappa shape index (κ2) is 6.83. The molecule has 0 aliphatic heterocycles. The van der Waals surface area contributed by atoms with Gasteiger partial charge >= 0.3 is 0 Å². The minimum atomic E-state index is -1.64. The number of hydrogen-bond acceptors (Lipinski definition) is 2. The van der Waals surface area contributed by atoms with Gasteiger partial charge in [-0.25, -0.2) is 17.6 Å². The number of benzene rings is 2. The van der Waals surface area contributed by atoms with E-state index in [4.69, 9.17) is 0 Å². The molecule has 1 N–H and O–H groups in total. The number of rotatable bonds is 4. The van der Waals surface area contributed by atoms with E-state index in [1.165, 1.54) is 24.3 Å². The van der Waals surface area contributed by atoms with Crippen molar-refractivity contribution in [1.82, 2.24) is 0 Å². The summed E-state index contributed by atoms with van der Waals surface area (Å²) in [6, 6.07) is 7.18. The maximum atomic E-state index is 13.5. The number of thioether (sulfide) groups is 1. The minimum Gasteiger partial charge on any atom is -0.323 e. The number of carbonyl (C=O) groups is 1. The van der Waals surface area contributed by atoms with Crippen LogP contribution in [-0.4, -0.2) is 11.2 Å². The third kappa shape index (κ3) is 3.79. The quantitative estimate of drug-likeness (QED) is 0.513. The van der Waals surface area contributed by atoms with Crippen LogP contribution in [0.4, 0.5) is 23.2 Å². The van der Waals surface area contributed by atoms with E-state index < -0.39 is 40.1 Å². The Bertz CT molecular complexity index is 691. The number of anilines is 1. The van der Waals surface area contributed by atoms with Crippen LogP contribution in [0, 0.1) is 23.3 Å². The fourth-order valence-electron chi connectivity index (χ4n) is 1.63. The van der Waals surface area contributed by atoms with Gasteiger partial charge in [0.15, 0.2) is 17.5 Å². The predicted octanol–water partition coefficient (Wildman–Crippen LogP) is 4.36. The van der Waals surface area contributed by atoms with E-state index >= 15 is 0 Å². The van der Waals surface area contributed by atoms with Gasteiger partial charge in [-0.3, -0.25) is 4.79 Å². The Morgan fingerprint density at radius 2 is 1.64 bits per heavy atom. The van der Waals surface area contributed by atoms with Gasteiger partial charge in [-0.1, -0.05) is 0 Å². The van der Waals surface area contributed by atoms with E-state index in [2.05, 4.69) is 5.32 Å². The van der Waals surface area contributed by atoms with Crippen LogP contribution >= 0.6 is 11.8 Å². The normalized spacial score (nSPS) is 12.0. The first-order chi connectivity index (χ1) is 10.4. The highest BCUT2D eigenvalue weighted by molar-refractivity contribution is 8.00. The second-order valence-electron chi connectivity index (χ2n) is 4.43. The molecule has 0 saturated carbocycles. The molecule has 1 atom stereocenters. The highest BCUT2D eigenvalue weighted by atomic mass is 32.2. The summed E-state index contributed by atoms with van der Waals surface area (Å²) in [5, 5.41) is 1.55. The van der Waals surface area contributed by atoms with Crippen molar-refractivity contribution in [2.24, 2.45) is 0 Å². The lowest BCUT2D eigenvalue weighted by molar-refractivity contribution is -0.115. The zero-order valence-electron chi connectivity index (χ0n) is 11.4. The summed E-state index contributed by atoms with van der Waals surface area (Å²) in [6.07, 6.45) is 0. The van der Waals surface area contributed by atoms with E-state index in [0.717, 1.165) is 23.9 Å². The van der Waals surface area contributed by atoms with Gasteiger partial charge in [0, 0.05) is 4.90 Å². The van der Waals surface area contributed by atoms with Crippen molar-refractivity contribution < 1.29 is 22.4 Å². The third-order valence-corrected chi connectivity index (χ3v) is 3.90. The van der Waals surface area contributed by atoms with Crippen LogP contribution in [0.15, 0.2) is 41.3 Å². The highest BCUT2D eigenvalue weighted by Crippen LogP contribution is 2.25. The van der Waals surface area contributed by atoms with Crippen molar-refractivity contribution >= 4 is 23.4 Å². The molecule has 22 heavy (non-hydrogen) atoms. The number of carbonyl (C=O) groups excluding carboxylic acids is 1. The van der Waals surface area contributed by atoms with Crippen molar-refractivity contribution in [3.8, 4) is 0 Å². The van der Waals surface area contributed by atoms with Gasteiger partial charge in [0.2, 0.25) is 5.91 Å². The molecule has 2 nitrogen and oxygen atoms in total. The van der Waals surface area contributed by atoms with Crippen molar-refractivity contribution in [2.45, 2.75) is 17.1 Å². The zero-order chi connectivity index (χ0) is 16.3. The number of nitrogens with one attached hydrogen (secondary N) is 1. The summed E-state index contributed by atoms with van der Waals surface area (Å²) < 4.78 is 52.2. The van der Waals surface area contributed by atoms with Crippen LogP contribution < -0.4 is 5.32 Å². The summed E-state index contributed by atoms with van der Waals surface area (Å²) in [5.41, 5.74) is -0.435. The van der Waals surface area contributed by atoms with Crippen LogP contribution in [0.1, 0.15) is 6.92 Å². The van der Waals surface area contributed by atoms with Crippen molar-refractivity contribution in [1.29, 1.82) is 0 Å². The van der Waals surface area contributed by atoms with Crippen molar-refractivity contribution in [3.63, 3.8) is 0 Å². The Hall–Kier alpha value is -2.02. The molecule has 116 valence electrons. The van der Waals surface area contributed by atoms with Gasteiger partial charge in [-0.2, -0.15) is 0 Å². The lowest BCUT2D eigenvalue weighted by Crippen LogP contribution is -2.23. The Morgan fingerprint density at radius 1 is 1.00 bits per heavy atom. The maximum Gasteiger partial charge on any atom is 0.237 e. The Balaban J connectivity index is 2.05. The molecule has 0 aliphatic rings. The van der Waals surface area contributed by atoms with Gasteiger partial charge in [-0.05, 0) is 43.3 Å². The fourth-order valence-corrected chi connectivity index (χ4v) is 2.50. The predicted molar refractivity (Wildman–Crippen MR) is 76.7 cm³/mol. The molecule has 7 heteroatoms. The molecule has 1 unspecified atom stereocenters. The van der Waals surface area contributed by atoms with Crippen LogP contribution in [0.5, 0.6) is 0 Å². The Labute approximate surface area is 128 Å². The van der Waals surface area contributed by atoms with Crippen LogP contribution in [0.2, 0.25) is 0 Å². The molecule has 2 rings (SSSR count). The molecule has 0 saturated heterocycles. The summed E-state index contributed by atoms with van der Waals surface area (Å²) in [5.74, 6) is -5.40. The van der Waals surface area contributed by atoms with E-state index in [1.807, 2.05) is 0 Å². The maximum absolute atomic E-state index is 13.5. The first kappa shape index (κ1) is 16.4. The van der Waals surface area contributed by atoms with Crippen molar-refractivity contribution in [3.05, 3.63) is 59.7 Å². The lowest BCUT2D eigenvalue weighted by atomic mass is 10.2. The molecule has 0 aliphatic carbocycles. The average molecular weight is 329 g/mol. The largest absolute Gasteiger partial charge is 0.323 e. The van der Waals surface area contributed by atoms with Gasteiger partial charge in [-0.15, -0.1) is 11.8 Å². The summed E-state index contributed by atoms with van der Waals surface area (Å²) in [4.78, 5) is 12.6. The van der Waals surface area contributed by atoms with E-state index in [1.54, 1.807) is 6.92 Å². The topological polar surface area (TPSA) is 29.1 Å². The van der Waals surface area contributed by atoms with Gasteiger partial charge in [0.25, 0.3) is 0 Å². The number of halogens is 4. The number of hydrogen-bond donors (Lipinski definition) is 1. The molecular formula is C15H11F4NOS. The van der Waals surface area contributed by atoms with Gasteiger partial charge in [0.1, 0.15) is 5.82 Å². The molecule has 0 bridgehead atoms. The minimum absolute atomic E-state index is 0.398. The molecule has 0 aromatic heterocycles.